The first-order valence-electron chi connectivity index (χ1n) is 26.9. The molecule has 4 atom stereocenters. The van der Waals surface area contributed by atoms with Crippen molar-refractivity contribution < 1.29 is 100 Å². The third-order valence-electron chi connectivity index (χ3n) is 16.1. The van der Waals surface area contributed by atoms with Gasteiger partial charge in [-0.05, 0) is 218 Å². The van der Waals surface area contributed by atoms with Gasteiger partial charge in [0, 0.05) is 59.1 Å². The maximum atomic E-state index is 12.1. The molecular formula is C60H76Cl6Fe2O16. The van der Waals surface area contributed by atoms with Gasteiger partial charge in [0.1, 0.15) is 45.4 Å². The van der Waals surface area contributed by atoms with Gasteiger partial charge in [0.05, 0.1) is 0 Å². The van der Waals surface area contributed by atoms with Crippen molar-refractivity contribution in [3.63, 3.8) is 0 Å². The average molecular weight is 1380 g/mol. The number of aliphatic carboxylic acids is 2. The van der Waals surface area contributed by atoms with E-state index in [0.29, 0.717) is 109 Å². The molecule has 84 heavy (non-hydrogen) atoms. The predicted molar refractivity (Wildman–Crippen MR) is 318 cm³/mol. The third kappa shape index (κ3) is 22.3. The molecule has 24 heteroatoms. The second-order valence-electron chi connectivity index (χ2n) is 22.5. The van der Waals surface area contributed by atoms with E-state index >= 15 is 0 Å². The van der Waals surface area contributed by atoms with Crippen LogP contribution in [0.25, 0.3) is 0 Å². The van der Waals surface area contributed by atoms with Gasteiger partial charge in [-0.25, -0.2) is 0 Å². The van der Waals surface area contributed by atoms with Crippen LogP contribution in [0, 0.1) is 27.7 Å². The number of carbonyl (C=O) groups is 8. The Kier molecular flexibility index (Phi) is 28.5. The molecular weight excluding hydrogens is 1300 g/mol. The summed E-state index contributed by atoms with van der Waals surface area (Å²) in [6.45, 7) is 21.9. The van der Waals surface area contributed by atoms with Crippen molar-refractivity contribution in [3.05, 3.63) is 91.1 Å². The molecule has 0 radical (unpaired) electrons. The molecule has 2 fully saturated rings. The van der Waals surface area contributed by atoms with Crippen LogP contribution in [0.2, 0.25) is 0 Å². The van der Waals surface area contributed by atoms with Crippen molar-refractivity contribution in [2.75, 3.05) is 0 Å². The Balaban J connectivity index is 0.000000281. The number of benzene rings is 2. The first-order chi connectivity index (χ1) is 38.8. The number of rotatable bonds is 12. The van der Waals surface area contributed by atoms with Gasteiger partial charge in [0.2, 0.25) is 0 Å². The molecule has 0 unspecified atom stereocenters. The van der Waals surface area contributed by atoms with Crippen LogP contribution >= 0.6 is 60.6 Å². The second kappa shape index (κ2) is 32.2. The number of aromatic hydroxyl groups is 2. The van der Waals surface area contributed by atoms with Crippen LogP contribution in [0.4, 0.5) is 0 Å². The van der Waals surface area contributed by atoms with Crippen molar-refractivity contribution in [1.29, 1.82) is 0 Å². The summed E-state index contributed by atoms with van der Waals surface area (Å²) in [5, 5.41) is 37.3. The zero-order valence-corrected chi connectivity index (χ0v) is 56.0. The molecule has 0 bridgehead atoms. The van der Waals surface area contributed by atoms with E-state index in [0.717, 1.165) is 70.6 Å². The van der Waals surface area contributed by atoms with E-state index in [1.807, 2.05) is 55.4 Å². The zero-order chi connectivity index (χ0) is 64.0. The van der Waals surface area contributed by atoms with Gasteiger partial charge in [-0.2, -0.15) is 0 Å². The second-order valence-corrected chi connectivity index (χ2v) is 33.5. The topological polar surface area (TPSA) is 254 Å². The third-order valence-corrected chi connectivity index (χ3v) is 16.1. The molecule has 0 spiro atoms. The van der Waals surface area contributed by atoms with Gasteiger partial charge >= 0.3 is 107 Å². The number of aryl methyl sites for hydroxylation is 2. The molecule has 2 aromatic rings. The molecule has 16 nitrogen and oxygen atoms in total. The average Bonchev–Trinajstić information content (AvgIpc) is 3.18. The van der Waals surface area contributed by atoms with Crippen LogP contribution in [0.1, 0.15) is 179 Å². The van der Waals surface area contributed by atoms with E-state index < -0.39 is 56.7 Å². The summed E-state index contributed by atoms with van der Waals surface area (Å²) in [6.07, 6.45) is 11.5. The van der Waals surface area contributed by atoms with Crippen molar-refractivity contribution in [3.8, 4) is 23.0 Å². The normalized spacial score (nSPS) is 23.4. The molecule has 0 aromatic heterocycles. The van der Waals surface area contributed by atoms with Crippen LogP contribution in [0.15, 0.2) is 57.7 Å². The zero-order valence-electron chi connectivity index (χ0n) is 49.3. The van der Waals surface area contributed by atoms with E-state index in [1.165, 1.54) is 12.2 Å². The first-order valence-corrected chi connectivity index (χ1v) is 36.0. The molecule has 4 heterocycles. The Bertz CT molecular complexity index is 2800. The number of carboxylic acid groups (broad SMARTS) is 2. The standard InChI is InChI=1S/2C15H18O4.2C15H20O4.6ClH.2Fe/c2*1-9-10(2)14(18)11(8-12(9)16)4-6-15(3)7-5-13(17)19-15;2*1-9-10(2)14-11(8-12(9)16)4-6-15(3,19-14)7-5-13(17)18;;;;;;;;/h2*8H,4-7H2,1-3H3;2*8,16H,4-7H2,1-3H3,(H,17,18);6*1H;;/q;;;;;;;;;;2*+3/p-6/t4*15-;;;;;;;;/m1010......../s1. The van der Waals surface area contributed by atoms with Crippen LogP contribution < -0.4 is 9.47 Å². The minimum absolute atomic E-state index is 0.0648. The van der Waals surface area contributed by atoms with Gasteiger partial charge in [-0.3, -0.25) is 38.4 Å². The summed E-state index contributed by atoms with van der Waals surface area (Å²) < 4.78 is 22.7. The van der Waals surface area contributed by atoms with E-state index in [2.05, 4.69) is 0 Å². The number of allylic oxidation sites excluding steroid dienone is 8. The number of phenols is 2. The van der Waals surface area contributed by atoms with E-state index in [9.17, 15) is 48.6 Å². The SMILES string of the molecule is CC1=C(C)C(=O)C(CC[C@@]2(C)CCC(=O)O2)=CC1=O.CC1=C(C)C(=O)C(CC[C@]2(C)CCC(=O)O2)=CC1=O.Cc1c(O)cc2c(c1C)O[C@@](C)(CCC(=O)O)CC2.Cc1c(O)cc2c(c1C)O[C@](C)(CCC(=O)O)CC2.[Cl][Fe]([Cl])[Cl].[Cl][Fe]([Cl])[Cl]. The number of fused-ring (bicyclic) bond motifs is 2. The molecule has 2 saturated heterocycles. The molecule has 0 amide bonds. The number of hydrogen-bond acceptors (Lipinski definition) is 14. The fraction of sp³-hybridized carbons (Fsp3) is 0.533. The number of halogens is 6. The number of carboxylic acids is 2. The van der Waals surface area contributed by atoms with Crippen molar-refractivity contribution >= 4 is 108 Å². The maximum absolute atomic E-state index is 12.1. The number of ether oxygens (including phenoxy) is 4. The van der Waals surface area contributed by atoms with Crippen molar-refractivity contribution in [2.24, 2.45) is 0 Å². The number of cyclic esters (lactones) is 2. The molecule has 6 aliphatic rings. The Hall–Kier alpha value is -4.06. The Morgan fingerprint density at radius 1 is 0.464 bits per heavy atom. The van der Waals surface area contributed by atoms with Gasteiger partial charge in [-0.1, -0.05) is 0 Å². The number of phenolic OH excluding ortho intramolecular Hbond substituents is 2. The molecule has 4 aliphatic heterocycles. The van der Waals surface area contributed by atoms with E-state index in [1.54, 1.807) is 39.8 Å². The Morgan fingerprint density at radius 3 is 1.02 bits per heavy atom. The molecule has 2 aromatic carbocycles. The summed E-state index contributed by atoms with van der Waals surface area (Å²) in [6, 6.07) is 3.52. The first kappa shape index (κ1) is 74.2. The summed E-state index contributed by atoms with van der Waals surface area (Å²) in [7, 11) is 29.3. The quantitative estimate of drug-likeness (QED) is 0.0875. The Morgan fingerprint density at radius 2 is 0.750 bits per heavy atom. The summed E-state index contributed by atoms with van der Waals surface area (Å²) in [4.78, 5) is 91.3. The minimum atomic E-state index is -1.33. The molecule has 470 valence electrons. The van der Waals surface area contributed by atoms with Gasteiger partial charge in [-0.15, -0.1) is 0 Å². The van der Waals surface area contributed by atoms with Crippen molar-refractivity contribution in [1.82, 2.24) is 0 Å². The van der Waals surface area contributed by atoms with E-state index in [-0.39, 0.29) is 47.9 Å². The Labute approximate surface area is 526 Å². The number of Topliss-reactive ketones (excluding diaryl/α,β-unsaturated/α-hetero) is 2. The molecule has 4 N–H and O–H groups in total. The number of hydrogen-bond donors (Lipinski definition) is 4. The number of ketones is 4. The molecule has 0 saturated carbocycles. The predicted octanol–water partition coefficient (Wildman–Crippen LogP) is 14.6. The van der Waals surface area contributed by atoms with Gasteiger partial charge in [0.15, 0.2) is 23.1 Å². The van der Waals surface area contributed by atoms with Crippen LogP contribution in [-0.2, 0) is 83.0 Å². The van der Waals surface area contributed by atoms with Crippen LogP contribution in [0.3, 0.4) is 0 Å². The monoisotopic (exact) mass is 1370 g/mol. The molecule has 8 rings (SSSR count). The van der Waals surface area contributed by atoms with Crippen LogP contribution in [0.5, 0.6) is 23.0 Å². The van der Waals surface area contributed by atoms with Crippen LogP contribution in [-0.4, -0.2) is 89.8 Å². The summed E-state index contributed by atoms with van der Waals surface area (Å²) in [5.74, 6) is -0.0596. The van der Waals surface area contributed by atoms with Gasteiger partial charge in [0.25, 0.3) is 0 Å². The van der Waals surface area contributed by atoms with Gasteiger partial charge < -0.3 is 39.4 Å². The fourth-order valence-corrected chi connectivity index (χ4v) is 9.89. The van der Waals surface area contributed by atoms with E-state index in [4.69, 9.17) is 89.7 Å². The van der Waals surface area contributed by atoms with Crippen molar-refractivity contribution in [2.45, 2.75) is 208 Å². The number of carbonyl (C=O) groups excluding carboxylic acids is 6. The summed E-state index contributed by atoms with van der Waals surface area (Å²) >= 11 is -2.67. The fourth-order valence-electron chi connectivity index (χ4n) is 9.89. The molecule has 2 aliphatic carbocycles. The summed E-state index contributed by atoms with van der Waals surface area (Å²) in [5.41, 5.74) is 6.83. The number of esters is 2.